The van der Waals surface area contributed by atoms with Gasteiger partial charge in [0, 0.05) is 30.3 Å². The number of hydrogen-bond donors (Lipinski definition) is 2. The van der Waals surface area contributed by atoms with Crippen LogP contribution in [-0.4, -0.2) is 40.5 Å². The lowest BCUT2D eigenvalue weighted by Crippen LogP contribution is -2.34. The van der Waals surface area contributed by atoms with Gasteiger partial charge in [-0.15, -0.1) is 0 Å². The molecule has 1 aliphatic rings. The Morgan fingerprint density at radius 3 is 2.90 bits per heavy atom. The predicted molar refractivity (Wildman–Crippen MR) is 83.6 cm³/mol. The van der Waals surface area contributed by atoms with Gasteiger partial charge in [0.1, 0.15) is 17.3 Å². The summed E-state index contributed by atoms with van der Waals surface area (Å²) >= 11 is 1.89. The minimum absolute atomic E-state index is 0.0819. The quantitative estimate of drug-likeness (QED) is 0.786. The Morgan fingerprint density at radius 1 is 1.40 bits per heavy atom. The highest BCUT2D eigenvalue weighted by Crippen LogP contribution is 2.23. The lowest BCUT2D eigenvalue weighted by Gasteiger charge is -2.20. The van der Waals surface area contributed by atoms with Crippen LogP contribution in [-0.2, 0) is 6.42 Å². The summed E-state index contributed by atoms with van der Waals surface area (Å²) in [6.45, 7) is 7.76. The van der Waals surface area contributed by atoms with Crippen molar-refractivity contribution in [1.29, 1.82) is 0 Å². The molecule has 1 aromatic rings. The standard InChI is InChI=1S/C14H22N4OS/c1-4-20-8-7-15-13-10-5-6-16-14(19)11(10)17-12(18-13)9(2)3/h9H,4-8H2,1-3H3,(H,16,19)(H,15,17,18). The molecule has 2 N–H and O–H groups in total. The van der Waals surface area contributed by atoms with Crippen molar-refractivity contribution in [3.05, 3.63) is 17.1 Å². The number of carbonyl (C=O) groups excluding carboxylic acids is 1. The number of fused-ring (bicyclic) bond motifs is 1. The van der Waals surface area contributed by atoms with Crippen molar-refractivity contribution >= 4 is 23.5 Å². The second-order valence-corrected chi connectivity index (χ2v) is 6.44. The SMILES string of the molecule is CCSCCNc1nc(C(C)C)nc2c1CCNC2=O. The number of amides is 1. The van der Waals surface area contributed by atoms with E-state index in [1.54, 1.807) is 0 Å². The molecule has 0 saturated carbocycles. The van der Waals surface area contributed by atoms with Crippen LogP contribution in [0.1, 0.15) is 48.6 Å². The van der Waals surface area contributed by atoms with E-state index in [-0.39, 0.29) is 11.8 Å². The first-order valence-corrected chi connectivity index (χ1v) is 8.29. The number of nitrogens with one attached hydrogen (secondary N) is 2. The maximum Gasteiger partial charge on any atom is 0.270 e. The largest absolute Gasteiger partial charge is 0.369 e. The van der Waals surface area contributed by atoms with Gasteiger partial charge in [-0.1, -0.05) is 20.8 Å². The zero-order valence-corrected chi connectivity index (χ0v) is 13.1. The molecule has 1 aromatic heterocycles. The Balaban J connectivity index is 2.26. The first-order valence-electron chi connectivity index (χ1n) is 7.14. The normalized spacial score (nSPS) is 14.1. The first kappa shape index (κ1) is 15.1. The number of carbonyl (C=O) groups is 1. The summed E-state index contributed by atoms with van der Waals surface area (Å²) in [6.07, 6.45) is 0.794. The lowest BCUT2D eigenvalue weighted by molar-refractivity contribution is 0.0940. The molecule has 110 valence electrons. The van der Waals surface area contributed by atoms with Crippen LogP contribution in [0, 0.1) is 0 Å². The third-order valence-electron chi connectivity index (χ3n) is 3.16. The van der Waals surface area contributed by atoms with Crippen molar-refractivity contribution in [1.82, 2.24) is 15.3 Å². The van der Waals surface area contributed by atoms with Gasteiger partial charge in [0.25, 0.3) is 5.91 Å². The van der Waals surface area contributed by atoms with Gasteiger partial charge in [0.2, 0.25) is 0 Å². The lowest BCUT2D eigenvalue weighted by atomic mass is 10.1. The monoisotopic (exact) mass is 294 g/mol. The molecule has 6 heteroatoms. The Kier molecular flexibility index (Phi) is 5.23. The van der Waals surface area contributed by atoms with E-state index in [9.17, 15) is 4.79 Å². The molecule has 0 radical (unpaired) electrons. The Labute approximate surface area is 124 Å². The van der Waals surface area contributed by atoms with Crippen molar-refractivity contribution in [2.24, 2.45) is 0 Å². The first-order chi connectivity index (χ1) is 9.63. The van der Waals surface area contributed by atoms with Crippen molar-refractivity contribution in [2.75, 3.05) is 29.9 Å². The molecule has 0 aliphatic carbocycles. The van der Waals surface area contributed by atoms with Crippen molar-refractivity contribution < 1.29 is 4.79 Å². The second-order valence-electron chi connectivity index (χ2n) is 5.04. The third-order valence-corrected chi connectivity index (χ3v) is 4.06. The summed E-state index contributed by atoms with van der Waals surface area (Å²) in [5.41, 5.74) is 1.50. The zero-order chi connectivity index (χ0) is 14.5. The molecule has 0 spiro atoms. The van der Waals surface area contributed by atoms with E-state index in [0.29, 0.717) is 12.2 Å². The minimum Gasteiger partial charge on any atom is -0.369 e. The molecule has 0 unspecified atom stereocenters. The van der Waals surface area contributed by atoms with E-state index in [4.69, 9.17) is 0 Å². The summed E-state index contributed by atoms with van der Waals surface area (Å²) < 4.78 is 0. The second kappa shape index (κ2) is 6.92. The molecule has 2 heterocycles. The molecule has 0 aromatic carbocycles. The minimum atomic E-state index is -0.0819. The summed E-state index contributed by atoms with van der Waals surface area (Å²) in [4.78, 5) is 21.0. The van der Waals surface area contributed by atoms with Crippen LogP contribution in [0.5, 0.6) is 0 Å². The van der Waals surface area contributed by atoms with E-state index in [1.165, 1.54) is 0 Å². The highest BCUT2D eigenvalue weighted by atomic mass is 32.2. The molecule has 20 heavy (non-hydrogen) atoms. The van der Waals surface area contributed by atoms with Gasteiger partial charge in [0.05, 0.1) is 0 Å². The van der Waals surface area contributed by atoms with Crippen molar-refractivity contribution in [3.8, 4) is 0 Å². The van der Waals surface area contributed by atoms with Crippen LogP contribution >= 0.6 is 11.8 Å². The molecular weight excluding hydrogens is 272 g/mol. The molecule has 0 atom stereocenters. The van der Waals surface area contributed by atoms with Crippen molar-refractivity contribution in [2.45, 2.75) is 33.1 Å². The molecule has 5 nitrogen and oxygen atoms in total. The smallest absolute Gasteiger partial charge is 0.270 e. The summed E-state index contributed by atoms with van der Waals surface area (Å²) in [5.74, 6) is 3.85. The Hall–Kier alpha value is -1.30. The van der Waals surface area contributed by atoms with Crippen LogP contribution in [0.2, 0.25) is 0 Å². The zero-order valence-electron chi connectivity index (χ0n) is 12.3. The van der Waals surface area contributed by atoms with E-state index < -0.39 is 0 Å². The maximum atomic E-state index is 12.0. The fourth-order valence-electron chi connectivity index (χ4n) is 2.10. The average Bonchev–Trinajstić information content (AvgIpc) is 2.44. The van der Waals surface area contributed by atoms with Gasteiger partial charge in [-0.3, -0.25) is 4.79 Å². The van der Waals surface area contributed by atoms with Crippen molar-refractivity contribution in [3.63, 3.8) is 0 Å². The number of rotatable bonds is 6. The molecule has 0 saturated heterocycles. The maximum absolute atomic E-state index is 12.0. The molecule has 1 amide bonds. The van der Waals surface area contributed by atoms with E-state index >= 15 is 0 Å². The van der Waals surface area contributed by atoms with Gasteiger partial charge in [-0.25, -0.2) is 9.97 Å². The van der Waals surface area contributed by atoms with E-state index in [2.05, 4.69) is 27.5 Å². The molecule has 1 aliphatic heterocycles. The van der Waals surface area contributed by atoms with Crippen LogP contribution in [0.15, 0.2) is 0 Å². The highest BCUT2D eigenvalue weighted by Gasteiger charge is 2.24. The van der Waals surface area contributed by atoms with Crippen LogP contribution < -0.4 is 10.6 Å². The number of thioether (sulfide) groups is 1. The Morgan fingerprint density at radius 2 is 2.20 bits per heavy atom. The fraction of sp³-hybridized carbons (Fsp3) is 0.643. The highest BCUT2D eigenvalue weighted by molar-refractivity contribution is 7.99. The summed E-state index contributed by atoms with van der Waals surface area (Å²) in [5, 5.41) is 6.22. The van der Waals surface area contributed by atoms with Gasteiger partial charge in [-0.05, 0) is 12.2 Å². The van der Waals surface area contributed by atoms with Gasteiger partial charge in [-0.2, -0.15) is 11.8 Å². The molecule has 0 fully saturated rings. The molecular formula is C14H22N4OS. The topological polar surface area (TPSA) is 66.9 Å². The van der Waals surface area contributed by atoms with Crippen LogP contribution in [0.3, 0.4) is 0 Å². The third kappa shape index (κ3) is 3.42. The Bertz CT molecular complexity index is 490. The number of nitrogens with zero attached hydrogens (tertiary/aromatic N) is 2. The summed E-state index contributed by atoms with van der Waals surface area (Å²) in [7, 11) is 0. The summed E-state index contributed by atoms with van der Waals surface area (Å²) in [6, 6.07) is 0. The van der Waals surface area contributed by atoms with E-state index in [0.717, 1.165) is 41.7 Å². The van der Waals surface area contributed by atoms with Gasteiger partial charge >= 0.3 is 0 Å². The van der Waals surface area contributed by atoms with Gasteiger partial charge < -0.3 is 10.6 Å². The van der Waals surface area contributed by atoms with Gasteiger partial charge in [0.15, 0.2) is 0 Å². The number of aromatic nitrogens is 2. The van der Waals surface area contributed by atoms with Crippen LogP contribution in [0.4, 0.5) is 5.82 Å². The average molecular weight is 294 g/mol. The molecule has 0 bridgehead atoms. The van der Waals surface area contributed by atoms with Crippen LogP contribution in [0.25, 0.3) is 0 Å². The predicted octanol–water partition coefficient (Wildman–Crippen LogP) is 2.05. The number of hydrogen-bond acceptors (Lipinski definition) is 5. The number of anilines is 1. The fourth-order valence-corrected chi connectivity index (χ4v) is 2.64. The molecule has 2 rings (SSSR count). The van der Waals surface area contributed by atoms with E-state index in [1.807, 2.05) is 25.6 Å².